The van der Waals surface area contributed by atoms with Gasteiger partial charge < -0.3 is 4.90 Å². The minimum atomic E-state index is -3.84. The van der Waals surface area contributed by atoms with Crippen LogP contribution in [0.1, 0.15) is 41.3 Å². The van der Waals surface area contributed by atoms with Gasteiger partial charge in [-0.25, -0.2) is 8.42 Å². The molecule has 178 valence electrons. The van der Waals surface area contributed by atoms with Gasteiger partial charge in [0, 0.05) is 23.7 Å². The highest BCUT2D eigenvalue weighted by Gasteiger charge is 2.27. The van der Waals surface area contributed by atoms with E-state index in [4.69, 9.17) is 11.6 Å². The molecule has 3 aromatic rings. The molecule has 1 amide bonds. The maximum Gasteiger partial charge on any atom is 0.264 e. The minimum Gasteiger partial charge on any atom is -0.339 e. The molecule has 0 bridgehead atoms. The maximum absolute atomic E-state index is 13.6. The average Bonchev–Trinajstić information content (AvgIpc) is 2.85. The highest BCUT2D eigenvalue weighted by molar-refractivity contribution is 7.92. The van der Waals surface area contributed by atoms with Crippen LogP contribution in [0.4, 0.5) is 5.69 Å². The number of hydrogen-bond acceptors (Lipinski definition) is 3. The molecular weight excluding hydrogens is 468 g/mol. The molecular formula is C27H29ClN2O3S. The van der Waals surface area contributed by atoms with Crippen LogP contribution in [-0.4, -0.2) is 32.3 Å². The quantitative estimate of drug-likeness (QED) is 0.426. The molecule has 0 aliphatic carbocycles. The standard InChI is InChI=1S/C27H29ClN2O3S/c1-20-14-16-29(17-15-20)27(31)23-11-9-22(10-12-23)19-30(26-18-24(28)13-8-21(26)2)34(32,33)25-6-4-3-5-7-25/h3-13,18,20H,14-17,19H2,1-2H3. The Morgan fingerprint density at radius 1 is 1.00 bits per heavy atom. The smallest absolute Gasteiger partial charge is 0.264 e. The Kier molecular flexibility index (Phi) is 7.29. The Hall–Kier alpha value is -2.83. The van der Waals surface area contributed by atoms with Crippen molar-refractivity contribution >= 4 is 33.2 Å². The zero-order chi connectivity index (χ0) is 24.3. The molecule has 0 aromatic heterocycles. The van der Waals surface area contributed by atoms with Crippen molar-refractivity contribution in [3.63, 3.8) is 0 Å². The third-order valence-corrected chi connectivity index (χ3v) is 8.38. The molecule has 0 radical (unpaired) electrons. The maximum atomic E-state index is 13.6. The molecule has 34 heavy (non-hydrogen) atoms. The molecule has 7 heteroatoms. The van der Waals surface area contributed by atoms with Gasteiger partial charge in [-0.05, 0) is 73.2 Å². The normalized spacial score (nSPS) is 14.7. The Balaban J connectivity index is 1.63. The van der Waals surface area contributed by atoms with Crippen LogP contribution in [0.3, 0.4) is 0 Å². The van der Waals surface area contributed by atoms with Crippen molar-refractivity contribution in [2.24, 2.45) is 5.92 Å². The van der Waals surface area contributed by atoms with E-state index in [1.807, 2.05) is 30.0 Å². The molecule has 0 saturated carbocycles. The second kappa shape index (κ2) is 10.2. The number of hydrogen-bond donors (Lipinski definition) is 0. The molecule has 1 aliphatic heterocycles. The van der Waals surface area contributed by atoms with Crippen molar-refractivity contribution in [3.8, 4) is 0 Å². The number of rotatable bonds is 6. The first-order chi connectivity index (χ1) is 16.3. The number of halogens is 1. The molecule has 1 aliphatic rings. The van der Waals surface area contributed by atoms with Crippen molar-refractivity contribution < 1.29 is 13.2 Å². The summed E-state index contributed by atoms with van der Waals surface area (Å²) in [5.41, 5.74) is 2.73. The summed E-state index contributed by atoms with van der Waals surface area (Å²) in [5.74, 6) is 0.678. The molecule has 0 N–H and O–H groups in total. The van der Waals surface area contributed by atoms with E-state index in [-0.39, 0.29) is 17.3 Å². The number of aryl methyl sites for hydroxylation is 1. The summed E-state index contributed by atoms with van der Waals surface area (Å²) in [6, 6.07) is 20.8. The van der Waals surface area contributed by atoms with Crippen molar-refractivity contribution in [3.05, 3.63) is 94.5 Å². The first-order valence-electron chi connectivity index (χ1n) is 11.5. The van der Waals surface area contributed by atoms with Gasteiger partial charge in [0.15, 0.2) is 0 Å². The van der Waals surface area contributed by atoms with E-state index in [1.165, 1.54) is 4.31 Å². The number of carbonyl (C=O) groups is 1. The van der Waals surface area contributed by atoms with Crippen LogP contribution in [0, 0.1) is 12.8 Å². The van der Waals surface area contributed by atoms with Gasteiger partial charge in [-0.1, -0.05) is 54.9 Å². The van der Waals surface area contributed by atoms with E-state index in [2.05, 4.69) is 6.92 Å². The van der Waals surface area contributed by atoms with Crippen molar-refractivity contribution in [2.75, 3.05) is 17.4 Å². The number of anilines is 1. The number of amides is 1. The minimum absolute atomic E-state index is 0.0258. The zero-order valence-electron chi connectivity index (χ0n) is 19.4. The fraction of sp³-hybridized carbons (Fsp3) is 0.296. The van der Waals surface area contributed by atoms with E-state index in [9.17, 15) is 13.2 Å². The predicted molar refractivity (Wildman–Crippen MR) is 137 cm³/mol. The van der Waals surface area contributed by atoms with Crippen LogP contribution in [0.25, 0.3) is 0 Å². The van der Waals surface area contributed by atoms with Crippen LogP contribution in [0.2, 0.25) is 5.02 Å². The van der Waals surface area contributed by atoms with Crippen LogP contribution < -0.4 is 4.31 Å². The lowest BCUT2D eigenvalue weighted by Crippen LogP contribution is -2.37. The van der Waals surface area contributed by atoms with Crippen LogP contribution in [0.15, 0.2) is 77.7 Å². The topological polar surface area (TPSA) is 57.7 Å². The van der Waals surface area contributed by atoms with Crippen molar-refractivity contribution in [1.82, 2.24) is 4.90 Å². The van der Waals surface area contributed by atoms with Crippen LogP contribution in [0.5, 0.6) is 0 Å². The fourth-order valence-corrected chi connectivity index (χ4v) is 5.88. The van der Waals surface area contributed by atoms with Gasteiger partial charge in [-0.15, -0.1) is 0 Å². The van der Waals surface area contributed by atoms with Crippen molar-refractivity contribution in [1.29, 1.82) is 0 Å². The average molecular weight is 497 g/mol. The van der Waals surface area contributed by atoms with Gasteiger partial charge in [0.25, 0.3) is 15.9 Å². The third-order valence-electron chi connectivity index (χ3n) is 6.37. The lowest BCUT2D eigenvalue weighted by atomic mass is 9.98. The Labute approximate surface area is 207 Å². The second-order valence-corrected chi connectivity index (χ2v) is 11.2. The van der Waals surface area contributed by atoms with E-state index in [0.717, 1.165) is 37.1 Å². The molecule has 1 fully saturated rings. The summed E-state index contributed by atoms with van der Waals surface area (Å²) < 4.78 is 28.6. The molecule has 3 aromatic carbocycles. The molecule has 0 unspecified atom stereocenters. The van der Waals surface area contributed by atoms with E-state index in [0.29, 0.717) is 22.2 Å². The molecule has 4 rings (SSSR count). The highest BCUT2D eigenvalue weighted by atomic mass is 35.5. The Morgan fingerprint density at radius 3 is 2.29 bits per heavy atom. The molecule has 1 heterocycles. The Bertz CT molecular complexity index is 1250. The van der Waals surface area contributed by atoms with Gasteiger partial charge in [-0.2, -0.15) is 0 Å². The summed E-state index contributed by atoms with van der Waals surface area (Å²) in [7, 11) is -3.84. The summed E-state index contributed by atoms with van der Waals surface area (Å²) in [4.78, 5) is 15.0. The number of likely N-dealkylation sites (tertiary alicyclic amines) is 1. The summed E-state index contributed by atoms with van der Waals surface area (Å²) in [5, 5.41) is 0.464. The number of nitrogens with zero attached hydrogens (tertiary/aromatic N) is 2. The highest BCUT2D eigenvalue weighted by Crippen LogP contribution is 2.31. The lowest BCUT2D eigenvalue weighted by molar-refractivity contribution is 0.0697. The summed E-state index contributed by atoms with van der Waals surface area (Å²) in [6.45, 7) is 5.75. The largest absolute Gasteiger partial charge is 0.339 e. The lowest BCUT2D eigenvalue weighted by Gasteiger charge is -2.30. The monoisotopic (exact) mass is 496 g/mol. The zero-order valence-corrected chi connectivity index (χ0v) is 21.0. The molecule has 5 nitrogen and oxygen atoms in total. The number of benzene rings is 3. The number of piperidine rings is 1. The Morgan fingerprint density at radius 2 is 1.65 bits per heavy atom. The number of carbonyl (C=O) groups excluding carboxylic acids is 1. The van der Waals surface area contributed by atoms with Gasteiger partial charge in [0.1, 0.15) is 0 Å². The van der Waals surface area contributed by atoms with Crippen LogP contribution in [-0.2, 0) is 16.6 Å². The van der Waals surface area contributed by atoms with Gasteiger partial charge in [0.2, 0.25) is 0 Å². The van der Waals surface area contributed by atoms with Gasteiger partial charge in [0.05, 0.1) is 17.1 Å². The third kappa shape index (κ3) is 5.29. The molecule has 0 spiro atoms. The molecule has 0 atom stereocenters. The van der Waals surface area contributed by atoms with E-state index in [1.54, 1.807) is 54.6 Å². The summed E-state index contributed by atoms with van der Waals surface area (Å²) in [6.07, 6.45) is 2.05. The predicted octanol–water partition coefficient (Wildman–Crippen LogP) is 5.92. The van der Waals surface area contributed by atoms with Gasteiger partial charge in [-0.3, -0.25) is 9.10 Å². The second-order valence-electron chi connectivity index (χ2n) is 8.93. The number of sulfonamides is 1. The SMILES string of the molecule is Cc1ccc(Cl)cc1N(Cc1ccc(C(=O)N2CCC(C)CC2)cc1)S(=O)(=O)c1ccccc1. The molecule has 1 saturated heterocycles. The van der Waals surface area contributed by atoms with E-state index >= 15 is 0 Å². The van der Waals surface area contributed by atoms with Crippen LogP contribution >= 0.6 is 11.6 Å². The van der Waals surface area contributed by atoms with Crippen molar-refractivity contribution in [2.45, 2.75) is 38.1 Å². The fourth-order valence-electron chi connectivity index (χ4n) is 4.18. The first kappa shape index (κ1) is 24.3. The summed E-state index contributed by atoms with van der Waals surface area (Å²) >= 11 is 6.23. The first-order valence-corrected chi connectivity index (χ1v) is 13.3. The van der Waals surface area contributed by atoms with Gasteiger partial charge >= 0.3 is 0 Å². The van der Waals surface area contributed by atoms with E-state index < -0.39 is 10.0 Å².